The largest absolute Gasteiger partial charge is 0.459 e. The molecule has 2 aromatic carbocycles. The minimum Gasteiger partial charge on any atom is -0.459 e. The Morgan fingerprint density at radius 1 is 0.967 bits per heavy atom. The third-order valence-electron chi connectivity index (χ3n) is 4.00. The Bertz CT molecular complexity index is 1080. The third-order valence-corrected chi connectivity index (χ3v) is 4.00. The van der Waals surface area contributed by atoms with Crippen LogP contribution < -0.4 is 10.6 Å². The number of nitriles is 1. The van der Waals surface area contributed by atoms with Crippen LogP contribution in [0, 0.1) is 11.3 Å². The number of carbonyl (C=O) groups excluding carboxylic acids is 3. The molecule has 0 saturated carbocycles. The fourth-order valence-corrected chi connectivity index (χ4v) is 2.56. The van der Waals surface area contributed by atoms with Crippen LogP contribution in [0.2, 0.25) is 0 Å². The number of anilines is 2. The highest BCUT2D eigenvalue weighted by molar-refractivity contribution is 6.07. The van der Waals surface area contributed by atoms with Crippen LogP contribution in [-0.4, -0.2) is 24.4 Å². The number of ether oxygens (including phenoxy) is 1. The number of furan rings is 1. The van der Waals surface area contributed by atoms with Gasteiger partial charge in [0.15, 0.2) is 12.4 Å². The summed E-state index contributed by atoms with van der Waals surface area (Å²) in [5, 5.41) is 13.9. The normalized spacial score (nSPS) is 9.97. The van der Waals surface area contributed by atoms with Gasteiger partial charge in [-0.15, -0.1) is 0 Å². The maximum Gasteiger partial charge on any atom is 0.340 e. The van der Waals surface area contributed by atoms with Crippen molar-refractivity contribution in [2.24, 2.45) is 0 Å². The first-order valence-corrected chi connectivity index (χ1v) is 8.93. The molecule has 0 radical (unpaired) electrons. The van der Waals surface area contributed by atoms with E-state index in [0.29, 0.717) is 5.69 Å². The standard InChI is InChI=1S/C22H17N3O5/c23-12-11-15-7-9-16(10-8-15)24-20(26)14-30-22(28)17-4-1-2-5-18(17)25-21(27)19-6-3-13-29-19/h1-10,13H,11,14H2,(H,24,26)(H,25,27). The predicted molar refractivity (Wildman–Crippen MR) is 108 cm³/mol. The first kappa shape index (κ1) is 20.4. The summed E-state index contributed by atoms with van der Waals surface area (Å²) in [5.74, 6) is -1.70. The fourth-order valence-electron chi connectivity index (χ4n) is 2.56. The van der Waals surface area contributed by atoms with Crippen molar-refractivity contribution in [3.05, 3.63) is 83.8 Å². The van der Waals surface area contributed by atoms with Gasteiger partial charge in [-0.3, -0.25) is 9.59 Å². The summed E-state index contributed by atoms with van der Waals surface area (Å²) in [6, 6.07) is 18.2. The van der Waals surface area contributed by atoms with E-state index < -0.39 is 24.4 Å². The van der Waals surface area contributed by atoms with Crippen LogP contribution in [0.3, 0.4) is 0 Å². The molecule has 0 atom stereocenters. The number of carbonyl (C=O) groups is 3. The molecule has 30 heavy (non-hydrogen) atoms. The zero-order valence-corrected chi connectivity index (χ0v) is 15.8. The van der Waals surface area contributed by atoms with E-state index in [1.54, 1.807) is 48.5 Å². The molecule has 8 heteroatoms. The van der Waals surface area contributed by atoms with Crippen LogP contribution in [0.25, 0.3) is 0 Å². The summed E-state index contributed by atoms with van der Waals surface area (Å²) in [4.78, 5) is 36.6. The van der Waals surface area contributed by atoms with E-state index >= 15 is 0 Å². The molecule has 0 fully saturated rings. The van der Waals surface area contributed by atoms with Gasteiger partial charge in [-0.1, -0.05) is 24.3 Å². The smallest absolute Gasteiger partial charge is 0.340 e. The van der Waals surface area contributed by atoms with Crippen molar-refractivity contribution in [1.82, 2.24) is 0 Å². The average molecular weight is 403 g/mol. The van der Waals surface area contributed by atoms with Gasteiger partial charge in [-0.25, -0.2) is 4.79 Å². The quantitative estimate of drug-likeness (QED) is 0.583. The number of amides is 2. The van der Waals surface area contributed by atoms with Gasteiger partial charge < -0.3 is 19.8 Å². The summed E-state index contributed by atoms with van der Waals surface area (Å²) in [6.07, 6.45) is 1.65. The van der Waals surface area contributed by atoms with E-state index in [1.807, 2.05) is 6.07 Å². The van der Waals surface area contributed by atoms with Gasteiger partial charge in [-0.2, -0.15) is 5.26 Å². The number of rotatable bonds is 7. The molecular weight excluding hydrogens is 386 g/mol. The van der Waals surface area contributed by atoms with Gasteiger partial charge in [0.2, 0.25) is 0 Å². The SMILES string of the molecule is N#CCc1ccc(NC(=O)COC(=O)c2ccccc2NC(=O)c2ccco2)cc1. The van der Waals surface area contributed by atoms with Gasteiger partial charge in [0.25, 0.3) is 11.8 Å². The zero-order valence-electron chi connectivity index (χ0n) is 15.8. The number of hydrogen-bond donors (Lipinski definition) is 2. The number of hydrogen-bond acceptors (Lipinski definition) is 6. The lowest BCUT2D eigenvalue weighted by atomic mass is 10.1. The molecule has 0 bridgehead atoms. The van der Waals surface area contributed by atoms with E-state index in [2.05, 4.69) is 10.6 Å². The van der Waals surface area contributed by atoms with Crippen molar-refractivity contribution in [1.29, 1.82) is 5.26 Å². The Labute approximate surface area is 172 Å². The summed E-state index contributed by atoms with van der Waals surface area (Å²) in [6.45, 7) is -0.501. The maximum absolute atomic E-state index is 12.4. The Morgan fingerprint density at radius 2 is 1.73 bits per heavy atom. The average Bonchev–Trinajstić information content (AvgIpc) is 3.29. The van der Waals surface area contributed by atoms with Crippen LogP contribution >= 0.6 is 0 Å². The number of esters is 1. The topological polar surface area (TPSA) is 121 Å². The van der Waals surface area contributed by atoms with Crippen molar-refractivity contribution in [2.75, 3.05) is 17.2 Å². The molecule has 0 saturated heterocycles. The molecule has 0 spiro atoms. The molecule has 2 N–H and O–H groups in total. The maximum atomic E-state index is 12.4. The van der Waals surface area contributed by atoms with Gasteiger partial charge in [0.1, 0.15) is 0 Å². The van der Waals surface area contributed by atoms with Crippen LogP contribution in [0.1, 0.15) is 26.5 Å². The van der Waals surface area contributed by atoms with Gasteiger partial charge in [0, 0.05) is 5.69 Å². The van der Waals surface area contributed by atoms with Gasteiger partial charge in [-0.05, 0) is 42.0 Å². The van der Waals surface area contributed by atoms with E-state index in [4.69, 9.17) is 14.4 Å². The van der Waals surface area contributed by atoms with Crippen molar-refractivity contribution >= 4 is 29.2 Å². The molecule has 0 aliphatic rings. The van der Waals surface area contributed by atoms with Crippen LogP contribution in [0.15, 0.2) is 71.3 Å². The molecule has 0 aliphatic carbocycles. The fraction of sp³-hybridized carbons (Fsp3) is 0.0909. The minimum atomic E-state index is -0.759. The Kier molecular flexibility index (Phi) is 6.59. The second-order valence-electron chi connectivity index (χ2n) is 6.13. The Hall–Kier alpha value is -4.38. The molecule has 1 aromatic heterocycles. The summed E-state index contributed by atoms with van der Waals surface area (Å²) in [7, 11) is 0. The molecule has 2 amide bonds. The molecule has 8 nitrogen and oxygen atoms in total. The van der Waals surface area contributed by atoms with Crippen LogP contribution in [0.5, 0.6) is 0 Å². The Balaban J connectivity index is 1.57. The van der Waals surface area contributed by atoms with E-state index in [9.17, 15) is 14.4 Å². The monoisotopic (exact) mass is 403 g/mol. The second-order valence-corrected chi connectivity index (χ2v) is 6.13. The van der Waals surface area contributed by atoms with Crippen molar-refractivity contribution < 1.29 is 23.5 Å². The molecule has 1 heterocycles. The highest BCUT2D eigenvalue weighted by Gasteiger charge is 2.17. The molecule has 150 valence electrons. The zero-order chi connectivity index (χ0) is 21.3. The van der Waals surface area contributed by atoms with Gasteiger partial charge >= 0.3 is 5.97 Å². The lowest BCUT2D eigenvalue weighted by Gasteiger charge is -2.10. The predicted octanol–water partition coefficient (Wildman–Crippen LogP) is 3.39. The van der Waals surface area contributed by atoms with E-state index in [0.717, 1.165) is 5.56 Å². The van der Waals surface area contributed by atoms with Crippen molar-refractivity contribution in [3.8, 4) is 6.07 Å². The minimum absolute atomic E-state index is 0.0957. The number of nitrogens with zero attached hydrogens (tertiary/aromatic N) is 1. The van der Waals surface area contributed by atoms with Crippen molar-refractivity contribution in [2.45, 2.75) is 6.42 Å². The first-order valence-electron chi connectivity index (χ1n) is 8.93. The number of nitrogens with one attached hydrogen (secondary N) is 2. The lowest BCUT2D eigenvalue weighted by Crippen LogP contribution is -2.22. The highest BCUT2D eigenvalue weighted by Crippen LogP contribution is 2.18. The molecular formula is C22H17N3O5. The lowest BCUT2D eigenvalue weighted by molar-refractivity contribution is -0.119. The summed E-state index contributed by atoms with van der Waals surface area (Å²) >= 11 is 0. The Morgan fingerprint density at radius 3 is 2.43 bits per heavy atom. The van der Waals surface area contributed by atoms with Gasteiger partial charge in [0.05, 0.1) is 30.0 Å². The van der Waals surface area contributed by atoms with E-state index in [1.165, 1.54) is 18.4 Å². The number of benzene rings is 2. The van der Waals surface area contributed by atoms with Crippen LogP contribution in [0.4, 0.5) is 11.4 Å². The third kappa shape index (κ3) is 5.33. The molecule has 3 aromatic rings. The molecule has 0 unspecified atom stereocenters. The second kappa shape index (κ2) is 9.71. The summed E-state index contributed by atoms with van der Waals surface area (Å²) in [5.41, 5.74) is 1.68. The van der Waals surface area contributed by atoms with Crippen LogP contribution in [-0.2, 0) is 16.0 Å². The number of para-hydroxylation sites is 1. The first-order chi connectivity index (χ1) is 14.6. The van der Waals surface area contributed by atoms with Crippen molar-refractivity contribution in [3.63, 3.8) is 0 Å². The molecule has 3 rings (SSSR count). The van der Waals surface area contributed by atoms with E-state index in [-0.39, 0.29) is 23.4 Å². The molecule has 0 aliphatic heterocycles. The summed E-state index contributed by atoms with van der Waals surface area (Å²) < 4.78 is 10.1. The highest BCUT2D eigenvalue weighted by atomic mass is 16.5.